The summed E-state index contributed by atoms with van der Waals surface area (Å²) in [7, 11) is 0. The van der Waals surface area contributed by atoms with Crippen molar-refractivity contribution in [2.75, 3.05) is 13.2 Å². The van der Waals surface area contributed by atoms with Crippen molar-refractivity contribution in [1.29, 1.82) is 0 Å². The first kappa shape index (κ1) is 12.3. The van der Waals surface area contributed by atoms with Crippen LogP contribution in [0.5, 0.6) is 0 Å². The lowest BCUT2D eigenvalue weighted by Gasteiger charge is -2.61. The third-order valence-electron chi connectivity index (χ3n) is 6.37. The van der Waals surface area contributed by atoms with Crippen LogP contribution in [-0.4, -0.2) is 40.9 Å². The number of ether oxygens (including phenoxy) is 2. The molecule has 4 heteroatoms. The molecule has 0 radical (unpaired) electrons. The van der Waals surface area contributed by atoms with Gasteiger partial charge in [-0.1, -0.05) is 18.6 Å². The molecule has 5 unspecified atom stereocenters. The minimum atomic E-state index is -1.16. The van der Waals surface area contributed by atoms with Gasteiger partial charge in [0, 0.05) is 23.7 Å². The fourth-order valence-electron chi connectivity index (χ4n) is 5.05. The number of fused-ring (bicyclic) bond motifs is 1. The van der Waals surface area contributed by atoms with Gasteiger partial charge in [-0.25, -0.2) is 0 Å². The van der Waals surface area contributed by atoms with Crippen LogP contribution in [0.3, 0.4) is 0 Å². The maximum absolute atomic E-state index is 11.0. The topological polar surface area (TPSA) is 58.9 Å². The second-order valence-electron chi connectivity index (χ2n) is 7.35. The summed E-state index contributed by atoms with van der Waals surface area (Å²) in [6, 6.07) is 0. The second kappa shape index (κ2) is 3.25. The standard InChI is InChI=1S/C15H22O4/c1-10-3-4-13-8-19-15(17)6-12(13,2)14(16,7-15)9-18-11(13)5-10/h5,11,16-17H,3-4,6-9H2,1-2H3. The molecule has 106 valence electrons. The Hall–Kier alpha value is -0.420. The molecule has 3 fully saturated rings. The van der Waals surface area contributed by atoms with Crippen molar-refractivity contribution in [3.8, 4) is 0 Å². The van der Waals surface area contributed by atoms with Crippen molar-refractivity contribution < 1.29 is 19.7 Å². The fraction of sp³-hybridized carbons (Fsp3) is 0.867. The van der Waals surface area contributed by atoms with Gasteiger partial charge in [0.15, 0.2) is 5.79 Å². The molecule has 2 saturated heterocycles. The monoisotopic (exact) mass is 266 g/mol. The largest absolute Gasteiger partial charge is 0.387 e. The lowest BCUT2D eigenvalue weighted by molar-refractivity contribution is -0.301. The van der Waals surface area contributed by atoms with Crippen LogP contribution in [0, 0.1) is 10.8 Å². The molecule has 0 aromatic heterocycles. The molecule has 2 N–H and O–H groups in total. The average Bonchev–Trinajstić information content (AvgIpc) is 2.54. The van der Waals surface area contributed by atoms with Crippen LogP contribution in [0.4, 0.5) is 0 Å². The number of aliphatic hydroxyl groups is 2. The number of hydrogen-bond acceptors (Lipinski definition) is 4. The van der Waals surface area contributed by atoms with Gasteiger partial charge in [-0.3, -0.25) is 0 Å². The Morgan fingerprint density at radius 2 is 2.05 bits per heavy atom. The first-order valence-electron chi connectivity index (χ1n) is 7.20. The Balaban J connectivity index is 1.88. The van der Waals surface area contributed by atoms with Crippen LogP contribution in [0.25, 0.3) is 0 Å². The third-order valence-corrected chi connectivity index (χ3v) is 6.37. The molecule has 5 atom stereocenters. The molecular weight excluding hydrogens is 244 g/mol. The molecule has 2 aliphatic heterocycles. The van der Waals surface area contributed by atoms with E-state index in [1.807, 2.05) is 0 Å². The molecule has 2 aliphatic carbocycles. The summed E-state index contributed by atoms with van der Waals surface area (Å²) in [6.45, 7) is 5.04. The minimum Gasteiger partial charge on any atom is -0.387 e. The average molecular weight is 266 g/mol. The Kier molecular flexibility index (Phi) is 2.11. The quantitative estimate of drug-likeness (QED) is 0.650. The maximum atomic E-state index is 11.0. The summed E-state index contributed by atoms with van der Waals surface area (Å²) in [6.07, 6.45) is 4.98. The van der Waals surface area contributed by atoms with E-state index in [2.05, 4.69) is 19.9 Å². The smallest absolute Gasteiger partial charge is 0.168 e. The molecule has 4 aliphatic rings. The van der Waals surface area contributed by atoms with E-state index in [1.54, 1.807) is 0 Å². The van der Waals surface area contributed by atoms with E-state index >= 15 is 0 Å². The van der Waals surface area contributed by atoms with E-state index in [4.69, 9.17) is 9.47 Å². The van der Waals surface area contributed by atoms with Gasteiger partial charge in [0.05, 0.1) is 24.9 Å². The number of rotatable bonds is 0. The van der Waals surface area contributed by atoms with Gasteiger partial charge in [0.25, 0.3) is 0 Å². The summed E-state index contributed by atoms with van der Waals surface area (Å²) in [5.74, 6) is -1.16. The van der Waals surface area contributed by atoms with Crippen LogP contribution in [0.2, 0.25) is 0 Å². The SMILES string of the molecule is CC1=CC2OCC3(O)CC4(O)CC3(C)C2(CC1)CO4. The molecule has 0 aromatic rings. The van der Waals surface area contributed by atoms with Gasteiger partial charge in [0.1, 0.15) is 0 Å². The van der Waals surface area contributed by atoms with Crippen LogP contribution < -0.4 is 0 Å². The van der Waals surface area contributed by atoms with E-state index in [9.17, 15) is 10.2 Å². The predicted octanol–water partition coefficient (Wildman–Crippen LogP) is 1.36. The molecule has 1 saturated carbocycles. The van der Waals surface area contributed by atoms with Crippen LogP contribution in [0.1, 0.15) is 39.5 Å². The van der Waals surface area contributed by atoms with Gasteiger partial charge >= 0.3 is 0 Å². The number of hydrogen-bond donors (Lipinski definition) is 2. The van der Waals surface area contributed by atoms with Gasteiger partial charge in [-0.2, -0.15) is 0 Å². The molecule has 2 heterocycles. The summed E-state index contributed by atoms with van der Waals surface area (Å²) >= 11 is 0. The Morgan fingerprint density at radius 1 is 1.26 bits per heavy atom. The van der Waals surface area contributed by atoms with Crippen LogP contribution >= 0.6 is 0 Å². The highest BCUT2D eigenvalue weighted by molar-refractivity contribution is 5.27. The van der Waals surface area contributed by atoms with E-state index in [1.165, 1.54) is 5.57 Å². The van der Waals surface area contributed by atoms with Gasteiger partial charge in [-0.05, 0) is 19.8 Å². The van der Waals surface area contributed by atoms with Crippen molar-refractivity contribution in [1.82, 2.24) is 0 Å². The zero-order valence-electron chi connectivity index (χ0n) is 11.6. The normalized spacial score (nSPS) is 59.6. The highest BCUT2D eigenvalue weighted by Crippen LogP contribution is 2.69. The summed E-state index contributed by atoms with van der Waals surface area (Å²) < 4.78 is 11.8. The molecule has 4 nitrogen and oxygen atoms in total. The Morgan fingerprint density at radius 3 is 2.84 bits per heavy atom. The molecule has 0 aromatic carbocycles. The fourth-order valence-corrected chi connectivity index (χ4v) is 5.05. The van der Waals surface area contributed by atoms with Crippen molar-refractivity contribution >= 4 is 0 Å². The minimum absolute atomic E-state index is 0.00850. The first-order valence-corrected chi connectivity index (χ1v) is 7.20. The van der Waals surface area contributed by atoms with Crippen LogP contribution in [0.15, 0.2) is 11.6 Å². The molecule has 4 rings (SSSR count). The Labute approximate surface area is 113 Å². The Bertz CT molecular complexity index is 475. The predicted molar refractivity (Wildman–Crippen MR) is 68.4 cm³/mol. The first-order chi connectivity index (χ1) is 8.83. The van der Waals surface area contributed by atoms with Crippen LogP contribution in [-0.2, 0) is 9.47 Å². The van der Waals surface area contributed by atoms with Gasteiger partial charge in [0.2, 0.25) is 0 Å². The maximum Gasteiger partial charge on any atom is 0.168 e. The second-order valence-corrected chi connectivity index (χ2v) is 7.35. The van der Waals surface area contributed by atoms with E-state index in [0.717, 1.165) is 12.8 Å². The van der Waals surface area contributed by atoms with Crippen molar-refractivity contribution in [2.45, 2.75) is 57.0 Å². The summed E-state index contributed by atoms with van der Waals surface area (Å²) in [4.78, 5) is 0. The van der Waals surface area contributed by atoms with Crippen molar-refractivity contribution in [3.05, 3.63) is 11.6 Å². The molecule has 2 bridgehead atoms. The highest BCUT2D eigenvalue weighted by Gasteiger charge is 2.75. The van der Waals surface area contributed by atoms with E-state index in [-0.39, 0.29) is 23.4 Å². The van der Waals surface area contributed by atoms with Gasteiger partial charge in [-0.15, -0.1) is 0 Å². The third kappa shape index (κ3) is 1.24. The number of allylic oxidation sites excluding steroid dienone is 1. The summed E-state index contributed by atoms with van der Waals surface area (Å²) in [5, 5.41) is 21.5. The lowest BCUT2D eigenvalue weighted by atomic mass is 9.50. The molecule has 19 heavy (non-hydrogen) atoms. The van der Waals surface area contributed by atoms with E-state index < -0.39 is 11.4 Å². The highest BCUT2D eigenvalue weighted by atomic mass is 16.6. The van der Waals surface area contributed by atoms with E-state index in [0.29, 0.717) is 19.6 Å². The molecular formula is C15H22O4. The lowest BCUT2D eigenvalue weighted by Crippen LogP contribution is -2.67. The molecule has 0 amide bonds. The van der Waals surface area contributed by atoms with Gasteiger partial charge < -0.3 is 19.7 Å². The van der Waals surface area contributed by atoms with Crippen molar-refractivity contribution in [3.63, 3.8) is 0 Å². The zero-order chi connectivity index (χ0) is 13.5. The summed E-state index contributed by atoms with van der Waals surface area (Å²) in [5.41, 5.74) is -0.132. The van der Waals surface area contributed by atoms with Crippen molar-refractivity contribution in [2.24, 2.45) is 10.8 Å². The molecule has 1 spiro atoms. The zero-order valence-corrected chi connectivity index (χ0v) is 11.6.